The summed E-state index contributed by atoms with van der Waals surface area (Å²) in [6.07, 6.45) is 0. The third-order valence-electron chi connectivity index (χ3n) is 26.8. The first-order valence-electron chi connectivity index (χ1n) is 43.0. The topological polar surface area (TPSA) is 93.6 Å². The van der Waals surface area contributed by atoms with E-state index in [-0.39, 0.29) is 5.41 Å². The first-order chi connectivity index (χ1) is 62.2. The van der Waals surface area contributed by atoms with Gasteiger partial charge in [0.2, 0.25) is 0 Å². The number of fused-ring (bicyclic) bond motifs is 33. The van der Waals surface area contributed by atoms with E-state index in [9.17, 15) is 0 Å². The second kappa shape index (κ2) is 26.7. The normalized spacial score (nSPS) is 12.7. The molecule has 126 heavy (non-hydrogen) atoms. The largest absolute Gasteiger partial charge is 0.456 e. The van der Waals surface area contributed by atoms with E-state index in [0.29, 0.717) is 0 Å². The highest BCUT2D eigenvalue weighted by Gasteiger charge is 2.37. The van der Waals surface area contributed by atoms with E-state index in [2.05, 4.69) is 361 Å². The van der Waals surface area contributed by atoms with Crippen molar-refractivity contribution in [1.29, 1.82) is 0 Å². The number of hydrogen-bond acceptors (Lipinski definition) is 6. The van der Waals surface area contributed by atoms with Crippen LogP contribution in [0, 0.1) is 0 Å². The molecule has 0 atom stereocenters. The van der Waals surface area contributed by atoms with Crippen LogP contribution in [-0.4, -0.2) is 13.7 Å². The number of furan rings is 6. The van der Waals surface area contributed by atoms with Crippen molar-refractivity contribution in [3.8, 4) is 61.6 Å². The molecule has 1 aliphatic rings. The summed E-state index contributed by atoms with van der Waals surface area (Å²) in [5, 5.41) is 21.3. The summed E-state index contributed by atoms with van der Waals surface area (Å²) < 4.78 is 44.7. The molecule has 0 aliphatic heterocycles. The van der Waals surface area contributed by atoms with Crippen molar-refractivity contribution in [1.82, 2.24) is 13.7 Å². The van der Waals surface area contributed by atoms with Gasteiger partial charge >= 0.3 is 0 Å². The Balaban J connectivity index is 0.0000000990. The Bertz CT molecular complexity index is 9460. The molecular weight excluding hydrogens is 1540 g/mol. The molecule has 590 valence electrons. The van der Waals surface area contributed by atoms with Crippen molar-refractivity contribution >= 4 is 197 Å². The quantitative estimate of drug-likeness (QED) is 0.165. The van der Waals surface area contributed by atoms with Crippen LogP contribution >= 0.6 is 0 Å². The summed E-state index contributed by atoms with van der Waals surface area (Å²) in [7, 11) is 0. The number of rotatable bonds is 6. The molecule has 0 saturated carbocycles. The van der Waals surface area contributed by atoms with Gasteiger partial charge in [-0.2, -0.15) is 0 Å². The van der Waals surface area contributed by atoms with Crippen LogP contribution in [-0.2, 0) is 5.41 Å². The van der Waals surface area contributed by atoms with E-state index in [1.54, 1.807) is 0 Å². The number of hydrogen-bond donors (Lipinski definition) is 0. The standard InChI is InChI=1S/C45H29NO2.2C36H21NO2/c1-45(2)35-24-26(28-13-9-14-32-31-10-4-7-16-39(31)48-44(28)32)18-20-29(35)30-21-19-27(25-36(30)45)46-37-15-6-3-11-33(37)42-38(46)22-23-41-43(42)34-12-5-8-17-40(34)47-41;1-4-13-29-27(9-1)34-30(20-21-33-35(34)28-10-3-6-15-32(28)38-33)37(29)23-18-16-22(17-19-23)24-11-7-12-26-25-8-2-5-14-31(25)39-36(24)26;1-4-10-29-26(8-1)35-30(18-20-34-36(35)27-9-3-6-12-32(27)39-34)37(29)24-16-13-22(14-17-24)23-15-19-33-28(21-23)25-7-2-5-11-31(25)38-33/h3-25H,1-2H3;2*1-21H. The first-order valence-corrected chi connectivity index (χ1v) is 43.0. The Morgan fingerprint density at radius 2 is 0.484 bits per heavy atom. The zero-order chi connectivity index (χ0) is 82.7. The highest BCUT2D eigenvalue weighted by Crippen LogP contribution is 2.53. The van der Waals surface area contributed by atoms with Crippen molar-refractivity contribution in [2.24, 2.45) is 0 Å². The predicted molar refractivity (Wildman–Crippen MR) is 520 cm³/mol. The van der Waals surface area contributed by atoms with Crippen LogP contribution in [0.2, 0.25) is 0 Å². The molecule has 9 heterocycles. The van der Waals surface area contributed by atoms with Gasteiger partial charge in [-0.25, -0.2) is 0 Å². The van der Waals surface area contributed by atoms with Crippen molar-refractivity contribution in [3.63, 3.8) is 0 Å². The molecule has 19 aromatic carbocycles. The summed E-state index contributed by atoms with van der Waals surface area (Å²) in [4.78, 5) is 0. The molecule has 0 saturated heterocycles. The molecule has 0 fully saturated rings. The number of para-hydroxylation sites is 11. The molecule has 9 aromatic heterocycles. The van der Waals surface area contributed by atoms with Gasteiger partial charge in [0.05, 0.1) is 33.1 Å². The van der Waals surface area contributed by atoms with E-state index in [4.69, 9.17) is 26.5 Å². The van der Waals surface area contributed by atoms with Gasteiger partial charge in [0.1, 0.15) is 67.0 Å². The summed E-state index contributed by atoms with van der Waals surface area (Å²) in [6.45, 7) is 4.72. The summed E-state index contributed by atoms with van der Waals surface area (Å²) >= 11 is 0. The Morgan fingerprint density at radius 1 is 0.175 bits per heavy atom. The van der Waals surface area contributed by atoms with Gasteiger partial charge in [-0.1, -0.05) is 263 Å². The highest BCUT2D eigenvalue weighted by atomic mass is 16.3. The maximum absolute atomic E-state index is 6.44. The molecule has 1 aliphatic carbocycles. The average molecular weight is 1610 g/mol. The minimum absolute atomic E-state index is 0.189. The zero-order valence-corrected chi connectivity index (χ0v) is 68.3. The summed E-state index contributed by atoms with van der Waals surface area (Å²) in [5.41, 5.74) is 33.6. The molecule has 28 aromatic rings. The second-order valence-corrected chi connectivity index (χ2v) is 33.9. The monoisotopic (exact) mass is 1610 g/mol. The predicted octanol–water partition coefficient (Wildman–Crippen LogP) is 33.1. The molecule has 9 nitrogen and oxygen atoms in total. The van der Waals surface area contributed by atoms with Crippen molar-refractivity contribution in [2.45, 2.75) is 19.3 Å². The Morgan fingerprint density at radius 3 is 0.944 bits per heavy atom. The fraction of sp³-hybridized carbons (Fsp3) is 0.0256. The number of nitrogens with zero attached hydrogens (tertiary/aromatic N) is 3. The van der Waals surface area contributed by atoms with Gasteiger partial charge in [-0.05, 0) is 190 Å². The molecule has 0 unspecified atom stereocenters. The van der Waals surface area contributed by atoms with Crippen LogP contribution < -0.4 is 0 Å². The third kappa shape index (κ3) is 10.2. The molecule has 0 spiro atoms. The van der Waals surface area contributed by atoms with Gasteiger partial charge in [0.15, 0.2) is 0 Å². The molecule has 0 bridgehead atoms. The Hall–Kier alpha value is -16.6. The van der Waals surface area contributed by atoms with Crippen molar-refractivity contribution < 1.29 is 26.5 Å². The van der Waals surface area contributed by atoms with Gasteiger partial charge in [0, 0.05) is 131 Å². The molecule has 29 rings (SSSR count). The Kier molecular flexibility index (Phi) is 14.8. The van der Waals surface area contributed by atoms with Gasteiger partial charge in [-0.3, -0.25) is 0 Å². The fourth-order valence-corrected chi connectivity index (χ4v) is 21.1. The lowest BCUT2D eigenvalue weighted by Crippen LogP contribution is -2.15. The number of benzene rings is 19. The van der Waals surface area contributed by atoms with E-state index >= 15 is 0 Å². The van der Waals surface area contributed by atoms with Crippen LogP contribution in [0.25, 0.3) is 259 Å². The minimum atomic E-state index is -0.189. The SMILES string of the molecule is CC1(C)c2cc(-c3cccc4c3oc3ccccc34)ccc2-c2ccc(-n3c4ccccc4c4c5c(ccc43)oc3ccccc35)cc21.c1ccc2c(c1)oc1c(-c3ccc(-n4c5ccccc5c5c6c(ccc54)oc4ccccc46)cc3)cccc12.c1ccc2c(c1)oc1ccc(-c3ccc(-n4c5ccccc5c5c6c(ccc54)oc4ccccc46)cc3)cc12. The lowest BCUT2D eigenvalue weighted by atomic mass is 9.81. The lowest BCUT2D eigenvalue weighted by Gasteiger charge is -2.23. The van der Waals surface area contributed by atoms with Crippen LogP contribution in [0.5, 0.6) is 0 Å². The molecule has 0 radical (unpaired) electrons. The maximum atomic E-state index is 6.44. The van der Waals surface area contributed by atoms with Crippen LogP contribution in [0.1, 0.15) is 25.0 Å². The molecule has 0 N–H and O–H groups in total. The third-order valence-corrected chi connectivity index (χ3v) is 26.8. The van der Waals surface area contributed by atoms with Gasteiger partial charge in [-0.15, -0.1) is 0 Å². The van der Waals surface area contributed by atoms with E-state index in [1.165, 1.54) is 126 Å². The number of aromatic nitrogens is 3. The first kappa shape index (κ1) is 70.1. The van der Waals surface area contributed by atoms with E-state index < -0.39 is 0 Å². The summed E-state index contributed by atoms with van der Waals surface area (Å²) in [5.74, 6) is 0. The van der Waals surface area contributed by atoms with Gasteiger partial charge in [0.25, 0.3) is 0 Å². The van der Waals surface area contributed by atoms with Crippen LogP contribution in [0.4, 0.5) is 0 Å². The zero-order valence-electron chi connectivity index (χ0n) is 68.3. The maximum Gasteiger partial charge on any atom is 0.143 e. The van der Waals surface area contributed by atoms with Crippen molar-refractivity contribution in [2.75, 3.05) is 0 Å². The molecule has 0 amide bonds. The smallest absolute Gasteiger partial charge is 0.143 e. The lowest BCUT2D eigenvalue weighted by molar-refractivity contribution is 0.659. The minimum Gasteiger partial charge on any atom is -0.456 e. The van der Waals surface area contributed by atoms with Crippen LogP contribution in [0.3, 0.4) is 0 Å². The molecule has 9 heteroatoms. The summed E-state index contributed by atoms with van der Waals surface area (Å²) in [6, 6.07) is 140. The second-order valence-electron chi connectivity index (χ2n) is 33.9. The fourth-order valence-electron chi connectivity index (χ4n) is 21.1. The van der Waals surface area contributed by atoms with Crippen molar-refractivity contribution in [3.05, 3.63) is 405 Å². The highest BCUT2D eigenvalue weighted by molar-refractivity contribution is 6.30. The molecular formula is C117H71N3O6. The van der Waals surface area contributed by atoms with Gasteiger partial charge < -0.3 is 40.2 Å². The average Bonchev–Trinajstić information content (AvgIpc) is 1.54. The Labute approximate surface area is 718 Å². The van der Waals surface area contributed by atoms with Crippen LogP contribution in [0.15, 0.2) is 421 Å². The van der Waals surface area contributed by atoms with E-state index in [1.807, 2.05) is 60.7 Å². The van der Waals surface area contributed by atoms with E-state index in [0.717, 1.165) is 144 Å².